The molecule has 0 radical (unpaired) electrons. The zero-order chi connectivity index (χ0) is 21.5. The summed E-state index contributed by atoms with van der Waals surface area (Å²) in [7, 11) is 1.45. The second kappa shape index (κ2) is 7.65. The van der Waals surface area contributed by atoms with Gasteiger partial charge >= 0.3 is 5.97 Å². The van der Waals surface area contributed by atoms with Crippen LogP contribution in [0.3, 0.4) is 0 Å². The molecule has 7 heteroatoms. The predicted octanol–water partition coefficient (Wildman–Crippen LogP) is 1.22. The van der Waals surface area contributed by atoms with E-state index in [9.17, 15) is 18.8 Å². The maximum atomic E-state index is 13.5. The highest BCUT2D eigenvalue weighted by Gasteiger charge is 2.72. The van der Waals surface area contributed by atoms with Crippen LogP contribution in [0.1, 0.15) is 24.1 Å². The van der Waals surface area contributed by atoms with Crippen LogP contribution in [0.4, 0.5) is 4.39 Å². The Morgan fingerprint density at radius 2 is 1.77 bits per heavy atom. The first-order valence-electron chi connectivity index (χ1n) is 10.0. The van der Waals surface area contributed by atoms with Crippen molar-refractivity contribution in [2.45, 2.75) is 24.9 Å². The molecule has 156 valence electrons. The minimum absolute atomic E-state index is 0.166. The van der Waals surface area contributed by atoms with Crippen LogP contribution in [0.15, 0.2) is 54.6 Å². The molecule has 2 saturated heterocycles. The van der Waals surface area contributed by atoms with Gasteiger partial charge in [-0.25, -0.2) is 9.18 Å². The number of amides is 2. The first kappa shape index (κ1) is 20.2. The number of fused-ring (bicyclic) bond motifs is 1. The lowest BCUT2D eigenvalue weighted by atomic mass is 9.76. The monoisotopic (exact) mass is 411 g/mol. The average Bonchev–Trinajstić information content (AvgIpc) is 3.20. The van der Waals surface area contributed by atoms with Crippen LogP contribution in [0.2, 0.25) is 0 Å². The van der Waals surface area contributed by atoms with Crippen LogP contribution in [0, 0.1) is 17.7 Å². The number of ether oxygens (including phenoxy) is 1. The van der Waals surface area contributed by atoms with Gasteiger partial charge in [0.1, 0.15) is 23.7 Å². The van der Waals surface area contributed by atoms with E-state index < -0.39 is 29.4 Å². The smallest absolute Gasteiger partial charge is 0.369 e. The van der Waals surface area contributed by atoms with E-state index in [0.717, 1.165) is 10.5 Å². The summed E-state index contributed by atoms with van der Waals surface area (Å²) in [5.41, 5.74) is 0.288. The lowest BCUT2D eigenvalue weighted by molar-refractivity contribution is -0.734. The summed E-state index contributed by atoms with van der Waals surface area (Å²) in [5, 5.41) is 1.80. The quantitative estimate of drug-likeness (QED) is 0.593. The summed E-state index contributed by atoms with van der Waals surface area (Å²) in [5.74, 6) is -3.18. The Labute approximate surface area is 174 Å². The van der Waals surface area contributed by atoms with Gasteiger partial charge in [-0.1, -0.05) is 42.5 Å². The number of halogens is 1. The Kier molecular flexibility index (Phi) is 5.15. The highest BCUT2D eigenvalue weighted by Crippen LogP contribution is 2.45. The summed E-state index contributed by atoms with van der Waals surface area (Å²) in [4.78, 5) is 40.6. The fourth-order valence-electron chi connectivity index (χ4n) is 4.89. The fraction of sp³-hybridized carbons (Fsp3) is 0.348. The SMILES string of the molecule is CCOC(=O)[C@@]1(Cc2ccccc2)[NH2+][C@@H](c2ccc(F)cc2)[C@H]2C(=O)N(C)C(=O)[C@@H]21. The molecule has 4 rings (SSSR count). The number of nitrogens with two attached hydrogens (primary N) is 1. The molecule has 30 heavy (non-hydrogen) atoms. The van der Waals surface area contributed by atoms with Crippen molar-refractivity contribution in [1.29, 1.82) is 0 Å². The van der Waals surface area contributed by atoms with E-state index in [4.69, 9.17) is 4.74 Å². The number of hydrogen-bond donors (Lipinski definition) is 1. The summed E-state index contributed by atoms with van der Waals surface area (Å²) in [6.07, 6.45) is 0.248. The number of likely N-dealkylation sites (tertiary alicyclic amines) is 1. The summed E-state index contributed by atoms with van der Waals surface area (Å²) >= 11 is 0. The van der Waals surface area contributed by atoms with Gasteiger partial charge < -0.3 is 10.1 Å². The first-order chi connectivity index (χ1) is 14.4. The number of esters is 1. The lowest BCUT2D eigenvalue weighted by Gasteiger charge is -2.29. The highest BCUT2D eigenvalue weighted by atomic mass is 19.1. The fourth-order valence-corrected chi connectivity index (χ4v) is 4.89. The van der Waals surface area contributed by atoms with Crippen LogP contribution in [0.25, 0.3) is 0 Å². The number of carbonyl (C=O) groups is 3. The number of hydrogen-bond acceptors (Lipinski definition) is 4. The number of benzene rings is 2. The van der Waals surface area contributed by atoms with E-state index in [1.54, 1.807) is 24.4 Å². The average molecular weight is 411 g/mol. The second-order valence-corrected chi connectivity index (χ2v) is 7.91. The Morgan fingerprint density at radius 1 is 1.10 bits per heavy atom. The Hall–Kier alpha value is -3.06. The van der Waals surface area contributed by atoms with Gasteiger partial charge in [0.05, 0.1) is 6.61 Å². The number of carbonyl (C=O) groups excluding carboxylic acids is 3. The molecule has 0 aliphatic carbocycles. The Morgan fingerprint density at radius 3 is 2.40 bits per heavy atom. The summed E-state index contributed by atoms with van der Waals surface area (Å²) < 4.78 is 18.9. The molecule has 4 atom stereocenters. The van der Waals surface area contributed by atoms with E-state index in [2.05, 4.69) is 0 Å². The highest BCUT2D eigenvalue weighted by molar-refractivity contribution is 6.08. The third kappa shape index (κ3) is 3.10. The van der Waals surface area contributed by atoms with Gasteiger partial charge in [0.25, 0.3) is 0 Å². The lowest BCUT2D eigenvalue weighted by Crippen LogP contribution is -2.98. The van der Waals surface area contributed by atoms with E-state index in [-0.39, 0.29) is 30.7 Å². The molecule has 0 unspecified atom stereocenters. The van der Waals surface area contributed by atoms with Gasteiger partial charge in [-0.05, 0) is 24.6 Å². The predicted molar refractivity (Wildman–Crippen MR) is 105 cm³/mol. The summed E-state index contributed by atoms with van der Waals surface area (Å²) in [6, 6.07) is 14.7. The molecule has 2 aromatic rings. The molecule has 2 amide bonds. The minimum atomic E-state index is -1.28. The van der Waals surface area contributed by atoms with Crippen molar-refractivity contribution in [1.82, 2.24) is 4.90 Å². The molecule has 2 aliphatic rings. The molecule has 2 fully saturated rings. The molecule has 2 aliphatic heterocycles. The maximum absolute atomic E-state index is 13.5. The number of rotatable bonds is 5. The molecule has 2 aromatic carbocycles. The Bertz CT molecular complexity index is 978. The standard InChI is InChI=1S/C23H23FN2O4/c1-3-30-22(29)23(13-14-7-5-4-6-8-14)18-17(20(27)26(2)21(18)28)19(25-23)15-9-11-16(24)12-10-15/h4-12,17-19,25H,3,13H2,1-2H3/p+1/t17-,18+,19-,23-/m0/s1. The molecule has 6 nitrogen and oxygen atoms in total. The van der Waals surface area contributed by atoms with Crippen LogP contribution < -0.4 is 5.32 Å². The van der Waals surface area contributed by atoms with Crippen LogP contribution in [-0.2, 0) is 25.5 Å². The van der Waals surface area contributed by atoms with Gasteiger partial charge in [0, 0.05) is 19.0 Å². The number of quaternary nitrogens is 1. The maximum Gasteiger partial charge on any atom is 0.369 e. The number of nitrogens with zero attached hydrogens (tertiary/aromatic N) is 1. The van der Waals surface area contributed by atoms with Gasteiger partial charge in [0.15, 0.2) is 0 Å². The third-order valence-electron chi connectivity index (χ3n) is 6.24. The minimum Gasteiger partial charge on any atom is -0.461 e. The molecule has 2 N–H and O–H groups in total. The van der Waals surface area contributed by atoms with Gasteiger partial charge in [-0.15, -0.1) is 0 Å². The van der Waals surface area contributed by atoms with Crippen molar-refractivity contribution >= 4 is 17.8 Å². The Balaban J connectivity index is 1.85. The van der Waals surface area contributed by atoms with E-state index in [0.29, 0.717) is 5.56 Å². The van der Waals surface area contributed by atoms with E-state index in [1.807, 2.05) is 30.3 Å². The van der Waals surface area contributed by atoms with E-state index >= 15 is 0 Å². The van der Waals surface area contributed by atoms with Gasteiger partial charge in [-0.2, -0.15) is 0 Å². The normalized spacial score (nSPS) is 28.0. The van der Waals surface area contributed by atoms with Gasteiger partial charge in [0.2, 0.25) is 17.4 Å². The molecule has 2 heterocycles. The number of imide groups is 1. The molecule has 0 bridgehead atoms. The van der Waals surface area contributed by atoms with Crippen molar-refractivity contribution in [2.75, 3.05) is 13.7 Å². The molecule has 0 spiro atoms. The topological polar surface area (TPSA) is 80.3 Å². The van der Waals surface area contributed by atoms with Crippen molar-refractivity contribution in [3.63, 3.8) is 0 Å². The largest absolute Gasteiger partial charge is 0.461 e. The van der Waals surface area contributed by atoms with Crippen molar-refractivity contribution in [3.8, 4) is 0 Å². The van der Waals surface area contributed by atoms with Crippen LogP contribution >= 0.6 is 0 Å². The van der Waals surface area contributed by atoms with Crippen molar-refractivity contribution in [2.24, 2.45) is 11.8 Å². The molecule has 0 saturated carbocycles. The van der Waals surface area contributed by atoms with Crippen LogP contribution in [-0.4, -0.2) is 41.9 Å². The third-order valence-corrected chi connectivity index (χ3v) is 6.24. The van der Waals surface area contributed by atoms with Crippen molar-refractivity contribution in [3.05, 3.63) is 71.5 Å². The van der Waals surface area contributed by atoms with Crippen LogP contribution in [0.5, 0.6) is 0 Å². The van der Waals surface area contributed by atoms with Gasteiger partial charge in [-0.3, -0.25) is 14.5 Å². The molecular formula is C23H24FN2O4+. The second-order valence-electron chi connectivity index (χ2n) is 7.91. The molecular weight excluding hydrogens is 387 g/mol. The zero-order valence-corrected chi connectivity index (χ0v) is 16.9. The zero-order valence-electron chi connectivity index (χ0n) is 16.9. The molecule has 0 aromatic heterocycles. The first-order valence-corrected chi connectivity index (χ1v) is 10.0. The van der Waals surface area contributed by atoms with E-state index in [1.165, 1.54) is 19.2 Å². The summed E-state index contributed by atoms with van der Waals surface area (Å²) in [6.45, 7) is 1.88. The van der Waals surface area contributed by atoms with Crippen molar-refractivity contribution < 1.29 is 28.8 Å².